The second kappa shape index (κ2) is 6.26. The topological polar surface area (TPSA) is 104 Å². The van der Waals surface area contributed by atoms with E-state index in [1.54, 1.807) is 6.92 Å². The third-order valence-electron chi connectivity index (χ3n) is 5.42. The number of carbonyl (C=O) groups excluding carboxylic acids is 3. The van der Waals surface area contributed by atoms with Crippen LogP contribution < -0.4 is 5.32 Å². The van der Waals surface area contributed by atoms with Gasteiger partial charge in [0.05, 0.1) is 11.5 Å². The molecular weight excluding hydrogens is 346 g/mol. The SMILES string of the molecule is CCCN(C(=O)CN1C(=O)N[C@](C)(C2CC2)C1=O)[C@H]1CCS(=O)(=O)C1. The number of nitrogens with one attached hydrogen (secondary N) is 1. The summed E-state index contributed by atoms with van der Waals surface area (Å²) in [5, 5.41) is 2.72. The van der Waals surface area contributed by atoms with Gasteiger partial charge in [0.25, 0.3) is 5.91 Å². The van der Waals surface area contributed by atoms with Crippen LogP contribution in [0.25, 0.3) is 0 Å². The number of hydrogen-bond donors (Lipinski definition) is 1. The molecule has 1 aliphatic carbocycles. The molecule has 0 bridgehead atoms. The summed E-state index contributed by atoms with van der Waals surface area (Å²) in [6.07, 6.45) is 2.88. The van der Waals surface area contributed by atoms with E-state index in [4.69, 9.17) is 0 Å². The summed E-state index contributed by atoms with van der Waals surface area (Å²) < 4.78 is 23.4. The van der Waals surface area contributed by atoms with Crippen molar-refractivity contribution >= 4 is 27.7 Å². The van der Waals surface area contributed by atoms with Gasteiger partial charge in [0.1, 0.15) is 12.1 Å². The van der Waals surface area contributed by atoms with Gasteiger partial charge in [-0.2, -0.15) is 0 Å². The van der Waals surface area contributed by atoms with E-state index in [9.17, 15) is 22.8 Å². The molecule has 0 unspecified atom stereocenters. The Morgan fingerprint density at radius 3 is 2.52 bits per heavy atom. The maximum absolute atomic E-state index is 12.7. The van der Waals surface area contributed by atoms with E-state index in [0.29, 0.717) is 19.4 Å². The number of hydrogen-bond acceptors (Lipinski definition) is 5. The number of urea groups is 1. The molecule has 0 aromatic rings. The van der Waals surface area contributed by atoms with E-state index in [2.05, 4.69) is 5.32 Å². The van der Waals surface area contributed by atoms with Crippen LogP contribution in [0.15, 0.2) is 0 Å². The predicted octanol–water partition coefficient (Wildman–Crippen LogP) is 0.133. The predicted molar refractivity (Wildman–Crippen MR) is 90.4 cm³/mol. The van der Waals surface area contributed by atoms with Crippen LogP contribution in [-0.2, 0) is 19.4 Å². The lowest BCUT2D eigenvalue weighted by Crippen LogP contribution is -2.49. The zero-order chi connectivity index (χ0) is 18.4. The third kappa shape index (κ3) is 3.38. The standard InChI is InChI=1S/C16H25N3O5S/c1-3-7-18(12-6-8-25(23,24)10-12)13(20)9-19-14(21)16(2,11-4-5-11)17-15(19)22/h11-12H,3-10H2,1-2H3,(H,17,22)/t12-,16+/m0/s1. The van der Waals surface area contributed by atoms with Crippen molar-refractivity contribution in [1.82, 2.24) is 15.1 Å². The van der Waals surface area contributed by atoms with Crippen LogP contribution in [0.3, 0.4) is 0 Å². The molecule has 0 aromatic carbocycles. The fourth-order valence-electron chi connectivity index (χ4n) is 3.80. The molecule has 2 atom stereocenters. The Labute approximate surface area is 147 Å². The molecule has 8 nitrogen and oxygen atoms in total. The second-order valence-corrected chi connectivity index (χ2v) is 9.67. The van der Waals surface area contributed by atoms with Gasteiger partial charge in [-0.25, -0.2) is 13.2 Å². The van der Waals surface area contributed by atoms with Crippen LogP contribution in [0.2, 0.25) is 0 Å². The van der Waals surface area contributed by atoms with Crippen molar-refractivity contribution in [2.24, 2.45) is 5.92 Å². The lowest BCUT2D eigenvalue weighted by molar-refractivity contribution is -0.140. The van der Waals surface area contributed by atoms with Gasteiger partial charge in [0.2, 0.25) is 5.91 Å². The van der Waals surface area contributed by atoms with Crippen molar-refractivity contribution in [3.8, 4) is 0 Å². The van der Waals surface area contributed by atoms with Crippen molar-refractivity contribution in [3.05, 3.63) is 0 Å². The average molecular weight is 371 g/mol. The first-order valence-electron chi connectivity index (χ1n) is 8.82. The Hall–Kier alpha value is -1.64. The summed E-state index contributed by atoms with van der Waals surface area (Å²) in [7, 11) is -3.12. The molecule has 3 fully saturated rings. The Balaban J connectivity index is 1.71. The Kier molecular flexibility index (Phi) is 4.55. The Morgan fingerprint density at radius 1 is 1.32 bits per heavy atom. The van der Waals surface area contributed by atoms with Crippen LogP contribution in [0, 0.1) is 5.92 Å². The molecule has 2 saturated heterocycles. The lowest BCUT2D eigenvalue weighted by atomic mass is 9.96. The van der Waals surface area contributed by atoms with Crippen molar-refractivity contribution < 1.29 is 22.8 Å². The fraction of sp³-hybridized carbons (Fsp3) is 0.812. The molecule has 3 aliphatic rings. The summed E-state index contributed by atoms with van der Waals surface area (Å²) in [6.45, 7) is 3.70. The first-order valence-corrected chi connectivity index (χ1v) is 10.6. The minimum absolute atomic E-state index is 0.0430. The van der Waals surface area contributed by atoms with Gasteiger partial charge in [-0.1, -0.05) is 6.92 Å². The Morgan fingerprint density at radius 2 is 2.00 bits per heavy atom. The second-order valence-electron chi connectivity index (χ2n) is 7.44. The summed E-state index contributed by atoms with van der Waals surface area (Å²) in [6, 6.07) is -0.906. The summed E-state index contributed by atoms with van der Waals surface area (Å²) in [5.74, 6) is -0.556. The van der Waals surface area contributed by atoms with Crippen LogP contribution in [0.4, 0.5) is 4.79 Å². The van der Waals surface area contributed by atoms with Gasteiger partial charge in [-0.3, -0.25) is 14.5 Å². The smallest absolute Gasteiger partial charge is 0.325 e. The molecule has 0 aromatic heterocycles. The summed E-state index contributed by atoms with van der Waals surface area (Å²) in [5.41, 5.74) is -0.913. The van der Waals surface area contributed by atoms with Gasteiger partial charge >= 0.3 is 6.03 Å². The van der Waals surface area contributed by atoms with Crippen molar-refractivity contribution in [2.75, 3.05) is 24.6 Å². The quantitative estimate of drug-likeness (QED) is 0.669. The molecule has 1 saturated carbocycles. The molecule has 0 radical (unpaired) electrons. The van der Waals surface area contributed by atoms with Crippen LogP contribution in [0.1, 0.15) is 39.5 Å². The molecule has 0 spiro atoms. The van der Waals surface area contributed by atoms with Crippen molar-refractivity contribution in [2.45, 2.75) is 51.1 Å². The number of nitrogens with zero attached hydrogens (tertiary/aromatic N) is 2. The maximum atomic E-state index is 12.7. The van der Waals surface area contributed by atoms with Gasteiger partial charge in [-0.05, 0) is 38.5 Å². The first-order chi connectivity index (χ1) is 11.7. The molecule has 2 aliphatic heterocycles. The van der Waals surface area contributed by atoms with Crippen LogP contribution in [-0.4, -0.2) is 72.2 Å². The van der Waals surface area contributed by atoms with E-state index in [-0.39, 0.29) is 41.8 Å². The number of imide groups is 1. The van der Waals surface area contributed by atoms with Gasteiger partial charge in [-0.15, -0.1) is 0 Å². The first kappa shape index (κ1) is 18.2. The van der Waals surface area contributed by atoms with E-state index in [1.807, 2.05) is 6.92 Å². The van der Waals surface area contributed by atoms with Crippen LogP contribution >= 0.6 is 0 Å². The van der Waals surface area contributed by atoms with E-state index < -0.39 is 21.4 Å². The van der Waals surface area contributed by atoms with E-state index in [0.717, 1.165) is 17.7 Å². The van der Waals surface area contributed by atoms with Crippen LogP contribution in [0.5, 0.6) is 0 Å². The molecule has 9 heteroatoms. The highest BCUT2D eigenvalue weighted by Gasteiger charge is 2.56. The third-order valence-corrected chi connectivity index (χ3v) is 7.17. The summed E-state index contributed by atoms with van der Waals surface area (Å²) in [4.78, 5) is 40.1. The lowest BCUT2D eigenvalue weighted by Gasteiger charge is -2.29. The molecule has 1 N–H and O–H groups in total. The summed E-state index contributed by atoms with van der Waals surface area (Å²) >= 11 is 0. The monoisotopic (exact) mass is 371 g/mol. The van der Waals surface area contributed by atoms with Gasteiger partial charge < -0.3 is 10.2 Å². The minimum atomic E-state index is -3.12. The highest BCUT2D eigenvalue weighted by molar-refractivity contribution is 7.91. The minimum Gasteiger partial charge on any atom is -0.337 e. The molecule has 2 heterocycles. The van der Waals surface area contributed by atoms with Gasteiger partial charge in [0, 0.05) is 12.6 Å². The molecular formula is C16H25N3O5S. The average Bonchev–Trinajstić information content (AvgIpc) is 3.29. The number of amides is 4. The fourth-order valence-corrected chi connectivity index (χ4v) is 5.53. The van der Waals surface area contributed by atoms with E-state index >= 15 is 0 Å². The highest BCUT2D eigenvalue weighted by atomic mass is 32.2. The van der Waals surface area contributed by atoms with E-state index in [1.165, 1.54) is 4.90 Å². The molecule has 25 heavy (non-hydrogen) atoms. The highest BCUT2D eigenvalue weighted by Crippen LogP contribution is 2.42. The Bertz CT molecular complexity index is 703. The zero-order valence-corrected chi connectivity index (χ0v) is 15.5. The van der Waals surface area contributed by atoms with Crippen molar-refractivity contribution in [1.29, 1.82) is 0 Å². The molecule has 140 valence electrons. The van der Waals surface area contributed by atoms with Crippen molar-refractivity contribution in [3.63, 3.8) is 0 Å². The molecule has 4 amide bonds. The largest absolute Gasteiger partial charge is 0.337 e. The maximum Gasteiger partial charge on any atom is 0.325 e. The molecule has 3 rings (SSSR count). The zero-order valence-electron chi connectivity index (χ0n) is 14.7. The normalized spacial score (nSPS) is 31.3. The number of carbonyl (C=O) groups is 3. The number of sulfone groups is 1. The number of rotatable bonds is 6. The van der Waals surface area contributed by atoms with Gasteiger partial charge in [0.15, 0.2) is 9.84 Å².